The molecule has 0 aliphatic heterocycles. The number of phenolic OH excluding ortho intramolecular Hbond substituents is 1. The van der Waals surface area contributed by atoms with E-state index in [1.165, 1.54) is 4.90 Å². The summed E-state index contributed by atoms with van der Waals surface area (Å²) in [7, 11) is 0. The maximum Gasteiger partial charge on any atom is 0.191 e. The summed E-state index contributed by atoms with van der Waals surface area (Å²) < 4.78 is 0. The maximum atomic E-state index is 9.29. The van der Waals surface area contributed by atoms with Crippen LogP contribution in [0, 0.1) is 0 Å². The van der Waals surface area contributed by atoms with Gasteiger partial charge in [0.2, 0.25) is 0 Å². The summed E-state index contributed by atoms with van der Waals surface area (Å²) in [6.45, 7) is 4.31. The average Bonchev–Trinajstić information content (AvgIpc) is 2.59. The van der Waals surface area contributed by atoms with Gasteiger partial charge < -0.3 is 15.7 Å². The molecule has 0 radical (unpaired) electrons. The fraction of sp³-hybridized carbons (Fsp3) is 0.278. The Morgan fingerprint density at radius 2 is 1.78 bits per heavy atom. The third-order valence-corrected chi connectivity index (χ3v) is 4.12. The standard InChI is InChI=1S/C18H23N3OS/c1-2-19-18(21-14-15-8-10-16(22)11-9-15)20-12-13-23-17-6-4-3-5-7-17/h3-11,22H,2,12-14H2,1H3,(H2,19,20,21). The number of thioether (sulfide) groups is 1. The molecule has 0 amide bonds. The molecule has 0 saturated heterocycles. The highest BCUT2D eigenvalue weighted by molar-refractivity contribution is 7.99. The van der Waals surface area contributed by atoms with Crippen LogP contribution < -0.4 is 10.6 Å². The highest BCUT2D eigenvalue weighted by Gasteiger charge is 1.98. The number of aliphatic imine (C=N–C) groups is 1. The van der Waals surface area contributed by atoms with Crippen LogP contribution in [-0.4, -0.2) is 29.9 Å². The largest absolute Gasteiger partial charge is 0.508 e. The molecular formula is C18H23N3OS. The average molecular weight is 329 g/mol. The van der Waals surface area contributed by atoms with Gasteiger partial charge in [0, 0.05) is 23.7 Å². The van der Waals surface area contributed by atoms with Gasteiger partial charge in [-0.05, 0) is 36.8 Å². The van der Waals surface area contributed by atoms with Gasteiger partial charge in [0.05, 0.1) is 6.54 Å². The van der Waals surface area contributed by atoms with Crippen LogP contribution in [0.5, 0.6) is 5.75 Å². The van der Waals surface area contributed by atoms with Crippen molar-refractivity contribution in [2.24, 2.45) is 4.99 Å². The smallest absolute Gasteiger partial charge is 0.191 e. The lowest BCUT2D eigenvalue weighted by Gasteiger charge is -2.11. The van der Waals surface area contributed by atoms with Crippen LogP contribution in [0.1, 0.15) is 12.5 Å². The number of benzene rings is 2. The molecule has 0 bridgehead atoms. The first kappa shape index (κ1) is 17.2. The minimum atomic E-state index is 0.278. The van der Waals surface area contributed by atoms with E-state index >= 15 is 0 Å². The van der Waals surface area contributed by atoms with E-state index in [0.717, 1.165) is 30.4 Å². The molecule has 2 aromatic carbocycles. The minimum Gasteiger partial charge on any atom is -0.508 e. The Kier molecular flexibility index (Phi) is 7.33. The molecule has 0 unspecified atom stereocenters. The van der Waals surface area contributed by atoms with Crippen molar-refractivity contribution in [3.63, 3.8) is 0 Å². The quantitative estimate of drug-likeness (QED) is 0.316. The second-order valence-corrected chi connectivity index (χ2v) is 6.12. The van der Waals surface area contributed by atoms with Crippen molar-refractivity contribution < 1.29 is 5.11 Å². The van der Waals surface area contributed by atoms with E-state index in [1.807, 2.05) is 30.0 Å². The Labute approximate surface area is 142 Å². The summed E-state index contributed by atoms with van der Waals surface area (Å²) in [6, 6.07) is 17.5. The fourth-order valence-electron chi connectivity index (χ4n) is 1.97. The summed E-state index contributed by atoms with van der Waals surface area (Å²) in [5, 5.41) is 15.9. The SMILES string of the molecule is CCNC(=NCc1ccc(O)cc1)NCCSc1ccccc1. The van der Waals surface area contributed by atoms with Gasteiger partial charge in [-0.15, -0.1) is 11.8 Å². The molecule has 0 aromatic heterocycles. The molecule has 0 heterocycles. The summed E-state index contributed by atoms with van der Waals surface area (Å²) in [6.07, 6.45) is 0. The van der Waals surface area contributed by atoms with Crippen molar-refractivity contribution in [3.05, 3.63) is 60.2 Å². The van der Waals surface area contributed by atoms with E-state index < -0.39 is 0 Å². The molecule has 0 aliphatic rings. The van der Waals surface area contributed by atoms with Crippen LogP contribution in [0.3, 0.4) is 0 Å². The number of hydrogen-bond donors (Lipinski definition) is 3. The van der Waals surface area contributed by atoms with Gasteiger partial charge in [-0.2, -0.15) is 0 Å². The zero-order valence-corrected chi connectivity index (χ0v) is 14.1. The Morgan fingerprint density at radius 3 is 2.48 bits per heavy atom. The van der Waals surface area contributed by atoms with Crippen LogP contribution >= 0.6 is 11.8 Å². The van der Waals surface area contributed by atoms with Gasteiger partial charge in [0.1, 0.15) is 5.75 Å². The molecule has 0 aliphatic carbocycles. The lowest BCUT2D eigenvalue weighted by Crippen LogP contribution is -2.38. The zero-order chi connectivity index (χ0) is 16.3. The Bertz CT molecular complexity index is 599. The molecule has 0 atom stereocenters. The van der Waals surface area contributed by atoms with E-state index in [1.54, 1.807) is 12.1 Å². The van der Waals surface area contributed by atoms with Gasteiger partial charge in [0.15, 0.2) is 5.96 Å². The van der Waals surface area contributed by atoms with Crippen LogP contribution in [-0.2, 0) is 6.54 Å². The van der Waals surface area contributed by atoms with Crippen molar-refractivity contribution in [3.8, 4) is 5.75 Å². The highest BCUT2D eigenvalue weighted by atomic mass is 32.2. The first-order valence-corrected chi connectivity index (χ1v) is 8.74. The van der Waals surface area contributed by atoms with Crippen LogP contribution in [0.4, 0.5) is 0 Å². The van der Waals surface area contributed by atoms with Gasteiger partial charge in [-0.25, -0.2) is 4.99 Å². The lowest BCUT2D eigenvalue weighted by atomic mass is 10.2. The number of aromatic hydroxyl groups is 1. The van der Waals surface area contributed by atoms with Crippen LogP contribution in [0.2, 0.25) is 0 Å². The third-order valence-electron chi connectivity index (χ3n) is 3.11. The zero-order valence-electron chi connectivity index (χ0n) is 13.3. The predicted octanol–water partition coefficient (Wildman–Crippen LogP) is 3.24. The highest BCUT2D eigenvalue weighted by Crippen LogP contribution is 2.15. The van der Waals surface area contributed by atoms with E-state index in [9.17, 15) is 5.11 Å². The van der Waals surface area contributed by atoms with Gasteiger partial charge in [-0.3, -0.25) is 0 Å². The Morgan fingerprint density at radius 1 is 1.04 bits per heavy atom. The normalized spacial score (nSPS) is 11.3. The van der Waals surface area contributed by atoms with E-state index in [-0.39, 0.29) is 5.75 Å². The summed E-state index contributed by atoms with van der Waals surface area (Å²) >= 11 is 1.82. The first-order valence-electron chi connectivity index (χ1n) is 7.76. The number of phenols is 1. The minimum absolute atomic E-state index is 0.278. The van der Waals surface area contributed by atoms with E-state index in [4.69, 9.17) is 0 Å². The molecular weight excluding hydrogens is 306 g/mol. The van der Waals surface area contributed by atoms with E-state index in [2.05, 4.69) is 46.8 Å². The van der Waals surface area contributed by atoms with Crippen LogP contribution in [0.25, 0.3) is 0 Å². The van der Waals surface area contributed by atoms with Crippen molar-refractivity contribution in [1.29, 1.82) is 0 Å². The monoisotopic (exact) mass is 329 g/mol. The molecule has 2 rings (SSSR count). The molecule has 3 N–H and O–H groups in total. The molecule has 0 saturated carbocycles. The van der Waals surface area contributed by atoms with Gasteiger partial charge >= 0.3 is 0 Å². The van der Waals surface area contributed by atoms with Gasteiger partial charge in [-0.1, -0.05) is 30.3 Å². The molecule has 0 spiro atoms. The predicted molar refractivity (Wildman–Crippen MR) is 98.1 cm³/mol. The molecule has 4 nitrogen and oxygen atoms in total. The molecule has 0 fully saturated rings. The molecule has 122 valence electrons. The number of guanidine groups is 1. The van der Waals surface area contributed by atoms with Crippen molar-refractivity contribution in [1.82, 2.24) is 10.6 Å². The third kappa shape index (κ3) is 6.65. The van der Waals surface area contributed by atoms with Crippen molar-refractivity contribution >= 4 is 17.7 Å². The number of hydrogen-bond acceptors (Lipinski definition) is 3. The number of rotatable bonds is 7. The summed E-state index contributed by atoms with van der Waals surface area (Å²) in [5.74, 6) is 2.07. The Balaban J connectivity index is 1.78. The second kappa shape index (κ2) is 9.79. The summed E-state index contributed by atoms with van der Waals surface area (Å²) in [4.78, 5) is 5.84. The second-order valence-electron chi connectivity index (χ2n) is 4.95. The van der Waals surface area contributed by atoms with E-state index in [0.29, 0.717) is 6.54 Å². The lowest BCUT2D eigenvalue weighted by molar-refractivity contribution is 0.475. The van der Waals surface area contributed by atoms with Crippen molar-refractivity contribution in [2.45, 2.75) is 18.4 Å². The summed E-state index contributed by atoms with van der Waals surface area (Å²) in [5.41, 5.74) is 1.07. The Hall–Kier alpha value is -2.14. The molecule has 2 aromatic rings. The first-order chi connectivity index (χ1) is 11.3. The topological polar surface area (TPSA) is 56.7 Å². The number of nitrogens with one attached hydrogen (secondary N) is 2. The fourth-order valence-corrected chi connectivity index (χ4v) is 2.76. The molecule has 23 heavy (non-hydrogen) atoms. The molecule has 5 heteroatoms. The maximum absolute atomic E-state index is 9.29. The van der Waals surface area contributed by atoms with Crippen molar-refractivity contribution in [2.75, 3.05) is 18.8 Å². The van der Waals surface area contributed by atoms with Crippen LogP contribution in [0.15, 0.2) is 64.5 Å². The number of nitrogens with zero attached hydrogens (tertiary/aromatic N) is 1. The van der Waals surface area contributed by atoms with Gasteiger partial charge in [0.25, 0.3) is 0 Å².